The second-order valence-corrected chi connectivity index (χ2v) is 4.22. The van der Waals surface area contributed by atoms with Gasteiger partial charge in [-0.2, -0.15) is 0 Å². The molecule has 1 aromatic rings. The molecule has 4 N–H and O–H groups in total. The van der Waals surface area contributed by atoms with Crippen LogP contribution < -0.4 is 16.6 Å². The van der Waals surface area contributed by atoms with E-state index in [0.717, 1.165) is 5.69 Å². The molecule has 0 bridgehead atoms. The molecule has 0 radical (unpaired) electrons. The van der Waals surface area contributed by atoms with Crippen LogP contribution in [-0.2, 0) is 4.79 Å². The van der Waals surface area contributed by atoms with E-state index in [0.29, 0.717) is 12.3 Å². The zero-order chi connectivity index (χ0) is 12.0. The molecule has 0 aliphatic heterocycles. The third kappa shape index (κ3) is 4.31. The summed E-state index contributed by atoms with van der Waals surface area (Å²) in [5.41, 5.74) is 12.0. The number of amides is 1. The lowest BCUT2D eigenvalue weighted by Crippen LogP contribution is -2.43. The third-order valence-corrected chi connectivity index (χ3v) is 2.17. The van der Waals surface area contributed by atoms with Crippen LogP contribution in [0.1, 0.15) is 20.3 Å². The highest BCUT2D eigenvalue weighted by Gasteiger charge is 2.14. The van der Waals surface area contributed by atoms with Gasteiger partial charge in [-0.15, -0.1) is 0 Å². The summed E-state index contributed by atoms with van der Waals surface area (Å²) in [7, 11) is 0. The summed E-state index contributed by atoms with van der Waals surface area (Å²) < 4.78 is 0. The first-order chi connectivity index (χ1) is 7.59. The molecule has 0 aromatic heterocycles. The number of anilines is 1. The Kier molecular flexibility index (Phi) is 4.79. The SMILES string of the molecule is CC(C)CC(N)C(=O)NNc1ccccc1. The molecule has 1 atom stereocenters. The van der Waals surface area contributed by atoms with Crippen LogP contribution in [0.3, 0.4) is 0 Å². The van der Waals surface area contributed by atoms with E-state index in [1.807, 2.05) is 44.2 Å². The lowest BCUT2D eigenvalue weighted by molar-refractivity contribution is -0.122. The number of nitrogens with one attached hydrogen (secondary N) is 2. The van der Waals surface area contributed by atoms with Crippen molar-refractivity contribution in [3.05, 3.63) is 30.3 Å². The van der Waals surface area contributed by atoms with Crippen LogP contribution in [0.25, 0.3) is 0 Å². The average molecular weight is 221 g/mol. The Morgan fingerprint density at radius 2 is 1.94 bits per heavy atom. The number of benzene rings is 1. The molecular formula is C12H19N3O. The summed E-state index contributed by atoms with van der Waals surface area (Å²) >= 11 is 0. The second-order valence-electron chi connectivity index (χ2n) is 4.22. The standard InChI is InChI=1S/C12H19N3O/c1-9(2)8-11(13)12(16)15-14-10-6-4-3-5-7-10/h3-7,9,11,14H,8,13H2,1-2H3,(H,15,16). The Morgan fingerprint density at radius 1 is 1.31 bits per heavy atom. The van der Waals surface area contributed by atoms with Gasteiger partial charge in [0.2, 0.25) is 0 Å². The maximum Gasteiger partial charge on any atom is 0.255 e. The minimum atomic E-state index is -0.462. The summed E-state index contributed by atoms with van der Waals surface area (Å²) in [6.07, 6.45) is 0.683. The summed E-state index contributed by atoms with van der Waals surface area (Å²) in [5, 5.41) is 0. The molecule has 0 aliphatic carbocycles. The first-order valence-electron chi connectivity index (χ1n) is 5.46. The third-order valence-electron chi connectivity index (χ3n) is 2.17. The molecule has 16 heavy (non-hydrogen) atoms. The summed E-state index contributed by atoms with van der Waals surface area (Å²) in [6, 6.07) is 8.97. The van der Waals surface area contributed by atoms with Crippen LogP contribution in [-0.4, -0.2) is 11.9 Å². The van der Waals surface area contributed by atoms with E-state index in [-0.39, 0.29) is 5.91 Å². The molecule has 4 nitrogen and oxygen atoms in total. The number of carbonyl (C=O) groups excluding carboxylic acids is 1. The Bertz CT molecular complexity index is 324. The largest absolute Gasteiger partial charge is 0.320 e. The van der Waals surface area contributed by atoms with Crippen molar-refractivity contribution in [1.82, 2.24) is 5.43 Å². The molecule has 0 spiro atoms. The van der Waals surface area contributed by atoms with Gasteiger partial charge >= 0.3 is 0 Å². The molecule has 0 aliphatic rings. The van der Waals surface area contributed by atoms with Crippen molar-refractivity contribution in [2.75, 3.05) is 5.43 Å². The molecule has 1 aromatic carbocycles. The van der Waals surface area contributed by atoms with E-state index < -0.39 is 6.04 Å². The van der Waals surface area contributed by atoms with Crippen LogP contribution in [0.4, 0.5) is 5.69 Å². The van der Waals surface area contributed by atoms with Crippen LogP contribution in [0.2, 0.25) is 0 Å². The fourth-order valence-corrected chi connectivity index (χ4v) is 1.36. The quantitative estimate of drug-likeness (QED) is 0.660. The zero-order valence-corrected chi connectivity index (χ0v) is 9.73. The number of carbonyl (C=O) groups is 1. The molecule has 1 amide bonds. The number of rotatable bonds is 5. The maximum atomic E-state index is 11.6. The van der Waals surface area contributed by atoms with Crippen LogP contribution in [0, 0.1) is 5.92 Å². The van der Waals surface area contributed by atoms with Crippen molar-refractivity contribution in [3.63, 3.8) is 0 Å². The maximum absolute atomic E-state index is 11.6. The molecule has 0 fully saturated rings. The van der Waals surface area contributed by atoms with Gasteiger partial charge in [0, 0.05) is 0 Å². The molecule has 4 heteroatoms. The molecule has 1 rings (SSSR count). The molecule has 1 unspecified atom stereocenters. The Morgan fingerprint density at radius 3 is 2.50 bits per heavy atom. The van der Waals surface area contributed by atoms with Crippen molar-refractivity contribution < 1.29 is 4.79 Å². The van der Waals surface area contributed by atoms with E-state index in [9.17, 15) is 4.79 Å². The number of nitrogens with two attached hydrogens (primary N) is 1. The van der Waals surface area contributed by atoms with Gasteiger partial charge in [-0.25, -0.2) is 0 Å². The first kappa shape index (κ1) is 12.5. The summed E-state index contributed by atoms with van der Waals surface area (Å²) in [6.45, 7) is 4.08. The molecule has 0 saturated heterocycles. The highest BCUT2D eigenvalue weighted by molar-refractivity contribution is 5.82. The lowest BCUT2D eigenvalue weighted by Gasteiger charge is -2.15. The molecular weight excluding hydrogens is 202 g/mol. The fraction of sp³-hybridized carbons (Fsp3) is 0.417. The smallest absolute Gasteiger partial charge is 0.255 e. The highest BCUT2D eigenvalue weighted by atomic mass is 16.2. The summed E-state index contributed by atoms with van der Waals surface area (Å²) in [4.78, 5) is 11.6. The predicted molar refractivity (Wildman–Crippen MR) is 65.6 cm³/mol. The molecule has 0 heterocycles. The van der Waals surface area contributed by atoms with E-state index >= 15 is 0 Å². The molecule has 0 saturated carbocycles. The van der Waals surface area contributed by atoms with Crippen molar-refractivity contribution in [2.24, 2.45) is 11.7 Å². The van der Waals surface area contributed by atoms with Crippen molar-refractivity contribution in [2.45, 2.75) is 26.3 Å². The van der Waals surface area contributed by atoms with Crippen molar-refractivity contribution in [3.8, 4) is 0 Å². The van der Waals surface area contributed by atoms with Crippen molar-refractivity contribution >= 4 is 11.6 Å². The number of para-hydroxylation sites is 1. The van der Waals surface area contributed by atoms with Crippen molar-refractivity contribution in [1.29, 1.82) is 0 Å². The van der Waals surface area contributed by atoms with Gasteiger partial charge in [0.1, 0.15) is 0 Å². The number of hydrogen-bond acceptors (Lipinski definition) is 3. The first-order valence-corrected chi connectivity index (χ1v) is 5.46. The Labute approximate surface area is 96.2 Å². The highest BCUT2D eigenvalue weighted by Crippen LogP contribution is 2.04. The van der Waals surface area contributed by atoms with Gasteiger partial charge in [0.15, 0.2) is 0 Å². The number of hydrogen-bond donors (Lipinski definition) is 3. The topological polar surface area (TPSA) is 67.2 Å². The van der Waals surface area contributed by atoms with E-state index in [2.05, 4.69) is 10.9 Å². The lowest BCUT2D eigenvalue weighted by atomic mass is 10.0. The Hall–Kier alpha value is -1.55. The molecule has 88 valence electrons. The predicted octanol–water partition coefficient (Wildman–Crippen LogP) is 1.50. The average Bonchev–Trinajstić information content (AvgIpc) is 2.26. The monoisotopic (exact) mass is 221 g/mol. The normalized spacial score (nSPS) is 12.2. The van der Waals surface area contributed by atoms with E-state index in [4.69, 9.17) is 5.73 Å². The van der Waals surface area contributed by atoms with E-state index in [1.165, 1.54) is 0 Å². The number of hydrazine groups is 1. The van der Waals surface area contributed by atoms with Gasteiger partial charge in [0.25, 0.3) is 5.91 Å². The fourth-order valence-electron chi connectivity index (χ4n) is 1.36. The van der Waals surface area contributed by atoms with Crippen LogP contribution >= 0.6 is 0 Å². The van der Waals surface area contributed by atoms with Gasteiger partial charge in [0.05, 0.1) is 11.7 Å². The zero-order valence-electron chi connectivity index (χ0n) is 9.73. The minimum Gasteiger partial charge on any atom is -0.320 e. The summed E-state index contributed by atoms with van der Waals surface area (Å²) in [5.74, 6) is 0.232. The van der Waals surface area contributed by atoms with Gasteiger partial charge < -0.3 is 5.73 Å². The van der Waals surface area contributed by atoms with Gasteiger partial charge in [-0.3, -0.25) is 15.6 Å². The van der Waals surface area contributed by atoms with Gasteiger partial charge in [-0.05, 0) is 24.5 Å². The van der Waals surface area contributed by atoms with E-state index in [1.54, 1.807) is 0 Å². The minimum absolute atomic E-state index is 0.183. The van der Waals surface area contributed by atoms with Gasteiger partial charge in [-0.1, -0.05) is 32.0 Å². The second kappa shape index (κ2) is 6.12. The van der Waals surface area contributed by atoms with Crippen LogP contribution in [0.5, 0.6) is 0 Å². The Balaban J connectivity index is 2.35. The van der Waals surface area contributed by atoms with Crippen LogP contribution in [0.15, 0.2) is 30.3 Å².